The van der Waals surface area contributed by atoms with Crippen LogP contribution in [0.1, 0.15) is 65.9 Å². The molecule has 3 N–H and O–H groups in total. The molecule has 2 aromatic heterocycles. The van der Waals surface area contributed by atoms with Crippen LogP contribution in [0.15, 0.2) is 23.6 Å². The van der Waals surface area contributed by atoms with Crippen LogP contribution < -0.4 is 15.5 Å². The monoisotopic (exact) mass is 453 g/mol. The standard InChI is InChI=1S/C24H31N5O2S/c1-14-25-19(13-32-14)22(30)28-21-20(23(31)26-15-6-7-15)17-9-8-16(12-18(17)27-21)29(5)11-10-24(2,3)4/h8-9,12-13,15,27H,6-7,10-11H2,1-5H3,(H,26,31)(H,28,30). The maximum atomic E-state index is 13.0. The summed E-state index contributed by atoms with van der Waals surface area (Å²) in [4.78, 5) is 35.5. The quantitative estimate of drug-likeness (QED) is 0.472. The van der Waals surface area contributed by atoms with Crippen molar-refractivity contribution in [3.8, 4) is 0 Å². The van der Waals surface area contributed by atoms with Gasteiger partial charge >= 0.3 is 0 Å². The van der Waals surface area contributed by atoms with E-state index in [0.29, 0.717) is 17.1 Å². The van der Waals surface area contributed by atoms with Gasteiger partial charge in [-0.15, -0.1) is 11.3 Å². The van der Waals surface area contributed by atoms with Gasteiger partial charge in [0, 0.05) is 41.6 Å². The van der Waals surface area contributed by atoms with Gasteiger partial charge in [0.05, 0.1) is 10.6 Å². The van der Waals surface area contributed by atoms with Gasteiger partial charge in [-0.3, -0.25) is 9.59 Å². The van der Waals surface area contributed by atoms with E-state index in [2.05, 4.69) is 53.3 Å². The third-order valence-corrected chi connectivity index (χ3v) is 6.42. The Hall–Kier alpha value is -2.87. The van der Waals surface area contributed by atoms with Crippen molar-refractivity contribution < 1.29 is 9.59 Å². The van der Waals surface area contributed by atoms with E-state index in [0.717, 1.165) is 47.4 Å². The Balaban J connectivity index is 1.65. The van der Waals surface area contributed by atoms with Gasteiger partial charge in [0.2, 0.25) is 0 Å². The largest absolute Gasteiger partial charge is 0.375 e. The molecule has 0 atom stereocenters. The molecular weight excluding hydrogens is 422 g/mol. The highest BCUT2D eigenvalue weighted by molar-refractivity contribution is 7.09. The maximum absolute atomic E-state index is 13.0. The number of aryl methyl sites for hydroxylation is 1. The Kier molecular flexibility index (Phi) is 5.99. The number of aromatic nitrogens is 2. The molecule has 1 fully saturated rings. The van der Waals surface area contributed by atoms with Crippen LogP contribution in [0.3, 0.4) is 0 Å². The predicted octanol–water partition coefficient (Wildman–Crippen LogP) is 4.95. The van der Waals surface area contributed by atoms with E-state index in [1.165, 1.54) is 11.3 Å². The minimum Gasteiger partial charge on any atom is -0.375 e. The lowest BCUT2D eigenvalue weighted by Gasteiger charge is -2.25. The fraction of sp³-hybridized carbons (Fsp3) is 0.458. The van der Waals surface area contributed by atoms with Crippen LogP contribution in [-0.2, 0) is 0 Å². The van der Waals surface area contributed by atoms with E-state index in [1.807, 2.05) is 25.1 Å². The van der Waals surface area contributed by atoms with Gasteiger partial charge in [-0.2, -0.15) is 0 Å². The Morgan fingerprint density at radius 1 is 1.25 bits per heavy atom. The number of hydrogen-bond acceptors (Lipinski definition) is 5. The summed E-state index contributed by atoms with van der Waals surface area (Å²) in [5, 5.41) is 9.25. The number of nitrogens with one attached hydrogen (secondary N) is 3. The van der Waals surface area contributed by atoms with Crippen LogP contribution in [0, 0.1) is 12.3 Å². The molecule has 4 rings (SSSR count). The summed E-state index contributed by atoms with van der Waals surface area (Å²) >= 11 is 1.42. The van der Waals surface area contributed by atoms with Crippen LogP contribution in [0.25, 0.3) is 10.9 Å². The summed E-state index contributed by atoms with van der Waals surface area (Å²) < 4.78 is 0. The number of rotatable bonds is 7. The lowest BCUT2D eigenvalue weighted by molar-refractivity contribution is 0.0953. The van der Waals surface area contributed by atoms with Crippen molar-refractivity contribution in [1.82, 2.24) is 15.3 Å². The molecule has 1 aliphatic rings. The second-order valence-corrected chi connectivity index (χ2v) is 10.9. The molecular formula is C24H31N5O2S. The summed E-state index contributed by atoms with van der Waals surface area (Å²) in [5.41, 5.74) is 2.95. The minimum atomic E-state index is -0.330. The van der Waals surface area contributed by atoms with E-state index >= 15 is 0 Å². The Morgan fingerprint density at radius 3 is 2.62 bits per heavy atom. The molecule has 1 aliphatic carbocycles. The van der Waals surface area contributed by atoms with Crippen LogP contribution in [-0.4, -0.2) is 41.4 Å². The molecule has 2 amide bonds. The van der Waals surface area contributed by atoms with Crippen molar-refractivity contribution in [3.05, 3.63) is 39.8 Å². The van der Waals surface area contributed by atoms with E-state index in [-0.39, 0.29) is 23.3 Å². The van der Waals surface area contributed by atoms with Gasteiger partial charge in [-0.25, -0.2) is 4.98 Å². The SMILES string of the molecule is Cc1nc(C(=O)Nc2[nH]c3cc(N(C)CCC(C)(C)C)ccc3c2C(=O)NC2CC2)cs1. The second-order valence-electron chi connectivity index (χ2n) is 9.79. The Bertz CT molecular complexity index is 1150. The van der Waals surface area contributed by atoms with Crippen LogP contribution in [0.5, 0.6) is 0 Å². The molecule has 2 heterocycles. The summed E-state index contributed by atoms with van der Waals surface area (Å²) in [6, 6.07) is 6.25. The molecule has 0 aliphatic heterocycles. The highest BCUT2D eigenvalue weighted by atomic mass is 32.1. The fourth-order valence-corrected chi connectivity index (χ4v) is 4.11. The zero-order chi connectivity index (χ0) is 23.0. The number of thiazole rings is 1. The zero-order valence-electron chi connectivity index (χ0n) is 19.3. The average molecular weight is 454 g/mol. The van der Waals surface area contributed by atoms with Crippen LogP contribution in [0.4, 0.5) is 11.5 Å². The van der Waals surface area contributed by atoms with Crippen molar-refractivity contribution in [2.24, 2.45) is 5.41 Å². The van der Waals surface area contributed by atoms with Crippen LogP contribution in [0.2, 0.25) is 0 Å². The number of carbonyl (C=O) groups excluding carboxylic acids is 2. The van der Waals surface area contributed by atoms with Gasteiger partial charge in [-0.05, 0) is 49.8 Å². The van der Waals surface area contributed by atoms with Gasteiger partial charge < -0.3 is 20.5 Å². The highest BCUT2D eigenvalue weighted by Crippen LogP contribution is 2.31. The number of nitrogens with zero attached hydrogens (tertiary/aromatic N) is 2. The third-order valence-electron chi connectivity index (χ3n) is 5.65. The van der Waals surface area contributed by atoms with Crippen molar-refractivity contribution in [2.75, 3.05) is 23.8 Å². The lowest BCUT2D eigenvalue weighted by Crippen LogP contribution is -2.26. The van der Waals surface area contributed by atoms with Gasteiger partial charge in [0.15, 0.2) is 0 Å². The number of aromatic amines is 1. The first-order valence-electron chi connectivity index (χ1n) is 11.0. The topological polar surface area (TPSA) is 90.1 Å². The second kappa shape index (κ2) is 8.58. The molecule has 170 valence electrons. The number of anilines is 2. The van der Waals surface area contributed by atoms with Crippen molar-refractivity contribution >= 4 is 45.6 Å². The van der Waals surface area contributed by atoms with E-state index < -0.39 is 0 Å². The smallest absolute Gasteiger partial charge is 0.276 e. The number of H-pyrrole nitrogens is 1. The summed E-state index contributed by atoms with van der Waals surface area (Å²) in [5.74, 6) is -0.0930. The number of benzene rings is 1. The van der Waals surface area contributed by atoms with E-state index in [1.54, 1.807) is 5.38 Å². The third kappa shape index (κ3) is 5.12. The minimum absolute atomic E-state index is 0.169. The fourth-order valence-electron chi connectivity index (χ4n) is 3.52. The normalized spacial score (nSPS) is 13.9. The Labute approximate surface area is 192 Å². The zero-order valence-corrected chi connectivity index (χ0v) is 20.2. The van der Waals surface area contributed by atoms with Crippen molar-refractivity contribution in [1.29, 1.82) is 0 Å². The Morgan fingerprint density at radius 2 is 2.00 bits per heavy atom. The molecule has 3 aromatic rings. The molecule has 0 saturated heterocycles. The number of fused-ring (bicyclic) bond motifs is 1. The first kappa shape index (κ1) is 22.3. The summed E-state index contributed by atoms with van der Waals surface area (Å²) in [7, 11) is 2.07. The van der Waals surface area contributed by atoms with Gasteiger partial charge in [-0.1, -0.05) is 20.8 Å². The van der Waals surface area contributed by atoms with Crippen molar-refractivity contribution in [3.63, 3.8) is 0 Å². The predicted molar refractivity (Wildman–Crippen MR) is 131 cm³/mol. The molecule has 1 saturated carbocycles. The lowest BCUT2D eigenvalue weighted by atomic mass is 9.92. The molecule has 32 heavy (non-hydrogen) atoms. The van der Waals surface area contributed by atoms with E-state index in [9.17, 15) is 9.59 Å². The first-order valence-corrected chi connectivity index (χ1v) is 11.9. The molecule has 0 spiro atoms. The molecule has 0 radical (unpaired) electrons. The average Bonchev–Trinajstić information content (AvgIpc) is 3.29. The molecule has 0 bridgehead atoms. The molecule has 0 unspecified atom stereocenters. The summed E-state index contributed by atoms with van der Waals surface area (Å²) in [6.07, 6.45) is 3.06. The number of carbonyl (C=O) groups is 2. The van der Waals surface area contributed by atoms with E-state index in [4.69, 9.17) is 0 Å². The van der Waals surface area contributed by atoms with Gasteiger partial charge in [0.25, 0.3) is 11.8 Å². The first-order chi connectivity index (χ1) is 15.1. The number of hydrogen-bond donors (Lipinski definition) is 3. The van der Waals surface area contributed by atoms with Crippen LogP contribution >= 0.6 is 11.3 Å². The molecule has 7 nitrogen and oxygen atoms in total. The summed E-state index contributed by atoms with van der Waals surface area (Å²) in [6.45, 7) is 9.49. The highest BCUT2D eigenvalue weighted by Gasteiger charge is 2.28. The van der Waals surface area contributed by atoms with Crippen molar-refractivity contribution in [2.45, 2.75) is 53.0 Å². The molecule has 8 heteroatoms. The maximum Gasteiger partial charge on any atom is 0.276 e. The van der Waals surface area contributed by atoms with Gasteiger partial charge in [0.1, 0.15) is 11.5 Å². The molecule has 1 aromatic carbocycles. The number of amides is 2.